The van der Waals surface area contributed by atoms with Crippen LogP contribution in [0.25, 0.3) is 0 Å². The molecule has 3 fully saturated rings. The Kier molecular flexibility index (Phi) is 4.52. The molecular weight excluding hydrogens is 274 g/mol. The molecule has 126 valence electrons. The number of carbonyl (C=O) groups is 1. The Labute approximate surface area is 135 Å². The van der Waals surface area contributed by atoms with E-state index in [-0.39, 0.29) is 23.4 Å². The molecule has 3 N–H and O–H groups in total. The van der Waals surface area contributed by atoms with E-state index in [1.54, 1.807) is 0 Å². The first-order valence-electron chi connectivity index (χ1n) is 9.14. The van der Waals surface area contributed by atoms with Crippen molar-refractivity contribution in [2.45, 2.75) is 63.5 Å². The van der Waals surface area contributed by atoms with Crippen LogP contribution in [0.1, 0.15) is 51.9 Å². The molecule has 0 aromatic carbocycles. The van der Waals surface area contributed by atoms with Crippen LogP contribution in [0.15, 0.2) is 0 Å². The summed E-state index contributed by atoms with van der Waals surface area (Å²) in [5.74, 6) is 2.18. The maximum Gasteiger partial charge on any atom is 0.225 e. The molecule has 1 amide bonds. The van der Waals surface area contributed by atoms with Crippen molar-refractivity contribution < 1.29 is 4.79 Å². The number of amides is 1. The fraction of sp³-hybridized carbons (Fsp3) is 0.944. The number of nitrogens with one attached hydrogen (secondary N) is 1. The van der Waals surface area contributed by atoms with Crippen molar-refractivity contribution in [3.05, 3.63) is 0 Å². The van der Waals surface area contributed by atoms with Gasteiger partial charge in [-0.25, -0.2) is 0 Å². The average Bonchev–Trinajstić information content (AvgIpc) is 3.05. The summed E-state index contributed by atoms with van der Waals surface area (Å²) in [5.41, 5.74) is 6.45. The van der Waals surface area contributed by atoms with E-state index in [2.05, 4.69) is 31.2 Å². The van der Waals surface area contributed by atoms with E-state index in [9.17, 15) is 4.79 Å². The van der Waals surface area contributed by atoms with E-state index >= 15 is 0 Å². The molecule has 2 bridgehead atoms. The van der Waals surface area contributed by atoms with Crippen LogP contribution in [0.2, 0.25) is 0 Å². The standard InChI is InChI=1S/C18H33N3O/c1-12-5-4-8-18(10-12,21(2)3)11-20-17(22)15-13-6-7-14(9-13)16(15)19/h12-16H,4-11,19H2,1-3H3,(H,20,22). The molecule has 0 aromatic rings. The molecule has 3 aliphatic carbocycles. The van der Waals surface area contributed by atoms with Gasteiger partial charge in [0.2, 0.25) is 5.91 Å². The predicted molar refractivity (Wildman–Crippen MR) is 89.4 cm³/mol. The van der Waals surface area contributed by atoms with Gasteiger partial charge in [-0.15, -0.1) is 0 Å². The van der Waals surface area contributed by atoms with E-state index in [1.165, 1.54) is 44.9 Å². The van der Waals surface area contributed by atoms with Gasteiger partial charge in [0.1, 0.15) is 0 Å². The number of nitrogens with two attached hydrogens (primary N) is 1. The Morgan fingerprint density at radius 1 is 1.27 bits per heavy atom. The van der Waals surface area contributed by atoms with Gasteiger partial charge >= 0.3 is 0 Å². The second-order valence-corrected chi connectivity index (χ2v) is 8.47. The summed E-state index contributed by atoms with van der Waals surface area (Å²) >= 11 is 0. The summed E-state index contributed by atoms with van der Waals surface area (Å²) in [7, 11) is 4.32. The number of carbonyl (C=O) groups excluding carboxylic acids is 1. The van der Waals surface area contributed by atoms with Crippen LogP contribution in [0.4, 0.5) is 0 Å². The minimum Gasteiger partial charge on any atom is -0.354 e. The third-order valence-electron chi connectivity index (χ3n) is 6.89. The first kappa shape index (κ1) is 16.3. The lowest BCUT2D eigenvalue weighted by molar-refractivity contribution is -0.127. The number of hydrogen-bond acceptors (Lipinski definition) is 3. The van der Waals surface area contributed by atoms with Crippen molar-refractivity contribution in [2.24, 2.45) is 29.4 Å². The lowest BCUT2D eigenvalue weighted by Crippen LogP contribution is -2.56. The van der Waals surface area contributed by atoms with Gasteiger partial charge in [-0.1, -0.05) is 19.8 Å². The molecule has 3 saturated carbocycles. The Hall–Kier alpha value is -0.610. The Balaban J connectivity index is 1.61. The molecule has 6 unspecified atom stereocenters. The monoisotopic (exact) mass is 307 g/mol. The maximum atomic E-state index is 12.7. The van der Waals surface area contributed by atoms with E-state index in [1.807, 2.05) is 0 Å². The smallest absolute Gasteiger partial charge is 0.225 e. The lowest BCUT2D eigenvalue weighted by Gasteiger charge is -2.45. The molecular formula is C18H33N3O. The van der Waals surface area contributed by atoms with E-state index in [0.717, 1.165) is 12.5 Å². The highest BCUT2D eigenvalue weighted by Gasteiger charge is 2.49. The van der Waals surface area contributed by atoms with Crippen molar-refractivity contribution in [1.82, 2.24) is 10.2 Å². The summed E-state index contributed by atoms with van der Waals surface area (Å²) < 4.78 is 0. The molecule has 0 saturated heterocycles. The maximum absolute atomic E-state index is 12.7. The molecule has 4 heteroatoms. The highest BCUT2D eigenvalue weighted by Crippen LogP contribution is 2.47. The van der Waals surface area contributed by atoms with Crippen LogP contribution in [-0.4, -0.2) is 43.0 Å². The molecule has 6 atom stereocenters. The average molecular weight is 307 g/mol. The van der Waals surface area contributed by atoms with Crippen LogP contribution < -0.4 is 11.1 Å². The molecule has 0 heterocycles. The van der Waals surface area contributed by atoms with E-state index in [0.29, 0.717) is 11.8 Å². The molecule has 22 heavy (non-hydrogen) atoms. The molecule has 4 nitrogen and oxygen atoms in total. The summed E-state index contributed by atoms with van der Waals surface area (Å²) in [6, 6.07) is 0.0966. The van der Waals surface area contributed by atoms with Gasteiger partial charge in [-0.2, -0.15) is 0 Å². The quantitative estimate of drug-likeness (QED) is 0.835. The van der Waals surface area contributed by atoms with Crippen molar-refractivity contribution in [3.63, 3.8) is 0 Å². The SMILES string of the molecule is CC1CCCC(CNC(=O)C2C3CCC(C3)C2N)(N(C)C)C1. The number of nitrogens with zero attached hydrogens (tertiary/aromatic N) is 1. The van der Waals surface area contributed by atoms with Crippen LogP contribution in [0, 0.1) is 23.7 Å². The van der Waals surface area contributed by atoms with Crippen molar-refractivity contribution in [1.29, 1.82) is 0 Å². The minimum atomic E-state index is 0.0685. The highest BCUT2D eigenvalue weighted by molar-refractivity contribution is 5.80. The Bertz CT molecular complexity index is 423. The zero-order valence-corrected chi connectivity index (χ0v) is 14.5. The first-order chi connectivity index (χ1) is 10.4. The van der Waals surface area contributed by atoms with Crippen LogP contribution in [0.5, 0.6) is 0 Å². The highest BCUT2D eigenvalue weighted by atomic mass is 16.2. The Morgan fingerprint density at radius 3 is 2.59 bits per heavy atom. The third-order valence-corrected chi connectivity index (χ3v) is 6.89. The fourth-order valence-electron chi connectivity index (χ4n) is 5.45. The lowest BCUT2D eigenvalue weighted by atomic mass is 9.75. The molecule has 0 spiro atoms. The second kappa shape index (κ2) is 6.12. The van der Waals surface area contributed by atoms with Crippen LogP contribution in [-0.2, 0) is 4.79 Å². The first-order valence-corrected chi connectivity index (χ1v) is 9.14. The normalized spacial score (nSPS) is 44.5. The third kappa shape index (κ3) is 2.80. The summed E-state index contributed by atoms with van der Waals surface area (Å²) in [6.45, 7) is 3.12. The number of hydrogen-bond donors (Lipinski definition) is 2. The van der Waals surface area contributed by atoms with Gasteiger partial charge in [-0.3, -0.25) is 4.79 Å². The molecule has 3 rings (SSSR count). The number of rotatable bonds is 4. The van der Waals surface area contributed by atoms with Crippen molar-refractivity contribution >= 4 is 5.91 Å². The van der Waals surface area contributed by atoms with Gasteiger partial charge < -0.3 is 16.0 Å². The summed E-state index contributed by atoms with van der Waals surface area (Å²) in [5, 5.41) is 3.29. The van der Waals surface area contributed by atoms with E-state index in [4.69, 9.17) is 5.73 Å². The van der Waals surface area contributed by atoms with Gasteiger partial charge in [0.25, 0.3) is 0 Å². The van der Waals surface area contributed by atoms with Gasteiger partial charge in [-0.05, 0) is 64.0 Å². The molecule has 0 radical (unpaired) electrons. The van der Waals surface area contributed by atoms with Gasteiger partial charge in [0.05, 0.1) is 5.92 Å². The zero-order chi connectivity index (χ0) is 15.9. The summed E-state index contributed by atoms with van der Waals surface area (Å²) in [4.78, 5) is 15.1. The van der Waals surface area contributed by atoms with Crippen LogP contribution >= 0.6 is 0 Å². The zero-order valence-electron chi connectivity index (χ0n) is 14.5. The van der Waals surface area contributed by atoms with E-state index < -0.39 is 0 Å². The van der Waals surface area contributed by atoms with Crippen molar-refractivity contribution in [3.8, 4) is 0 Å². The van der Waals surface area contributed by atoms with Gasteiger partial charge in [0, 0.05) is 18.1 Å². The summed E-state index contributed by atoms with van der Waals surface area (Å²) in [6.07, 6.45) is 8.57. The fourth-order valence-corrected chi connectivity index (χ4v) is 5.45. The van der Waals surface area contributed by atoms with Crippen molar-refractivity contribution in [2.75, 3.05) is 20.6 Å². The molecule has 0 aromatic heterocycles. The molecule has 3 aliphatic rings. The van der Waals surface area contributed by atoms with Gasteiger partial charge in [0.15, 0.2) is 0 Å². The largest absolute Gasteiger partial charge is 0.354 e. The Morgan fingerprint density at radius 2 is 2.00 bits per heavy atom. The second-order valence-electron chi connectivity index (χ2n) is 8.47. The molecule has 0 aliphatic heterocycles. The van der Waals surface area contributed by atoms with Crippen LogP contribution in [0.3, 0.4) is 0 Å². The predicted octanol–water partition coefficient (Wildman–Crippen LogP) is 1.99. The number of likely N-dealkylation sites (N-methyl/N-ethyl adjacent to an activating group) is 1. The number of fused-ring (bicyclic) bond motifs is 2. The topological polar surface area (TPSA) is 58.4 Å². The minimum absolute atomic E-state index is 0.0685.